The summed E-state index contributed by atoms with van der Waals surface area (Å²) >= 11 is 0. The maximum absolute atomic E-state index is 12.3. The summed E-state index contributed by atoms with van der Waals surface area (Å²) in [5.74, 6) is 0.0486. The Morgan fingerprint density at radius 2 is 2.00 bits per heavy atom. The molecule has 1 aromatic carbocycles. The molecule has 138 valence electrons. The second kappa shape index (κ2) is 8.00. The maximum Gasteiger partial charge on any atom is 0.224 e. The zero-order chi connectivity index (χ0) is 18.5. The van der Waals surface area contributed by atoms with Gasteiger partial charge in [-0.1, -0.05) is 36.4 Å². The predicted molar refractivity (Wildman–Crippen MR) is 103 cm³/mol. The molecule has 0 aliphatic carbocycles. The highest BCUT2D eigenvalue weighted by Gasteiger charge is 2.41. The van der Waals surface area contributed by atoms with Gasteiger partial charge in [0.2, 0.25) is 5.91 Å². The molecule has 1 amide bonds. The molecule has 0 spiro atoms. The third-order valence-corrected chi connectivity index (χ3v) is 5.24. The summed E-state index contributed by atoms with van der Waals surface area (Å²) in [5, 5.41) is 3.09. The van der Waals surface area contributed by atoms with E-state index in [1.54, 1.807) is 12.4 Å². The largest absolute Gasteiger partial charge is 0.376 e. The van der Waals surface area contributed by atoms with Crippen LogP contribution in [0.25, 0.3) is 0 Å². The van der Waals surface area contributed by atoms with Gasteiger partial charge in [-0.15, -0.1) is 0 Å². The van der Waals surface area contributed by atoms with E-state index in [1.165, 1.54) is 5.56 Å². The van der Waals surface area contributed by atoms with E-state index in [-0.39, 0.29) is 16.9 Å². The Bertz CT molecular complexity index is 715. The fourth-order valence-electron chi connectivity index (χ4n) is 4.06. The van der Waals surface area contributed by atoms with Gasteiger partial charge in [-0.2, -0.15) is 0 Å². The molecule has 1 aromatic heterocycles. The number of carbonyl (C=O) groups is 1. The van der Waals surface area contributed by atoms with Crippen LogP contribution in [0.15, 0.2) is 54.9 Å². The minimum absolute atomic E-state index is 0.0462. The zero-order valence-corrected chi connectivity index (χ0v) is 15.7. The highest BCUT2D eigenvalue weighted by molar-refractivity contribution is 5.78. The van der Waals surface area contributed by atoms with Gasteiger partial charge < -0.3 is 10.1 Å². The van der Waals surface area contributed by atoms with Crippen molar-refractivity contribution in [1.82, 2.24) is 10.3 Å². The molecule has 4 nitrogen and oxygen atoms in total. The van der Waals surface area contributed by atoms with Crippen LogP contribution in [0, 0.1) is 0 Å². The van der Waals surface area contributed by atoms with E-state index in [4.69, 9.17) is 4.74 Å². The molecule has 0 bridgehead atoms. The molecule has 0 radical (unpaired) electrons. The molecule has 1 atom stereocenters. The minimum atomic E-state index is -0.145. The Morgan fingerprint density at radius 1 is 1.19 bits per heavy atom. The van der Waals surface area contributed by atoms with Crippen molar-refractivity contribution < 1.29 is 9.53 Å². The number of nitrogens with zero attached hydrogens (tertiary/aromatic N) is 1. The van der Waals surface area contributed by atoms with Gasteiger partial charge in [-0.3, -0.25) is 9.78 Å². The summed E-state index contributed by atoms with van der Waals surface area (Å²) in [5.41, 5.74) is 2.19. The van der Waals surface area contributed by atoms with E-state index < -0.39 is 0 Å². The molecular formula is C22H28N2O2. The summed E-state index contributed by atoms with van der Waals surface area (Å²) in [6.45, 7) is 5.74. The first-order chi connectivity index (χ1) is 12.5. The van der Waals surface area contributed by atoms with Crippen LogP contribution in [0.5, 0.6) is 0 Å². The van der Waals surface area contributed by atoms with Crippen LogP contribution in [0.1, 0.15) is 44.2 Å². The van der Waals surface area contributed by atoms with Crippen molar-refractivity contribution in [1.29, 1.82) is 0 Å². The molecule has 0 saturated carbocycles. The van der Waals surface area contributed by atoms with E-state index in [0.717, 1.165) is 31.4 Å². The van der Waals surface area contributed by atoms with E-state index in [1.807, 2.05) is 12.1 Å². The Morgan fingerprint density at radius 3 is 2.69 bits per heavy atom. The van der Waals surface area contributed by atoms with Gasteiger partial charge in [-0.25, -0.2) is 0 Å². The number of pyridine rings is 1. The van der Waals surface area contributed by atoms with Gasteiger partial charge in [0, 0.05) is 31.0 Å². The van der Waals surface area contributed by atoms with Crippen molar-refractivity contribution in [3.8, 4) is 0 Å². The van der Waals surface area contributed by atoms with Crippen molar-refractivity contribution in [2.45, 2.75) is 50.5 Å². The lowest BCUT2D eigenvalue weighted by molar-refractivity contribution is -0.120. The first kappa shape index (κ1) is 18.6. The highest BCUT2D eigenvalue weighted by Crippen LogP contribution is 2.43. The number of ether oxygens (including phenoxy) is 1. The molecule has 1 fully saturated rings. The van der Waals surface area contributed by atoms with Crippen molar-refractivity contribution in [3.63, 3.8) is 0 Å². The predicted octanol–water partition coefficient (Wildman–Crippen LogP) is 3.66. The van der Waals surface area contributed by atoms with Crippen molar-refractivity contribution >= 4 is 5.91 Å². The molecule has 0 unspecified atom stereocenters. The quantitative estimate of drug-likeness (QED) is 0.863. The number of hydrogen-bond donors (Lipinski definition) is 1. The Balaban J connectivity index is 1.64. The number of nitrogens with one attached hydrogen (secondary N) is 1. The molecule has 4 heteroatoms. The third kappa shape index (κ3) is 4.70. The van der Waals surface area contributed by atoms with E-state index in [2.05, 4.69) is 54.5 Å². The molecule has 2 aromatic rings. The Hall–Kier alpha value is -2.20. The average Bonchev–Trinajstić information content (AvgIpc) is 2.62. The second-order valence-corrected chi connectivity index (χ2v) is 7.82. The van der Waals surface area contributed by atoms with E-state index in [9.17, 15) is 4.79 Å². The maximum atomic E-state index is 12.3. The van der Waals surface area contributed by atoms with Crippen molar-refractivity contribution in [2.24, 2.45) is 0 Å². The van der Waals surface area contributed by atoms with Crippen LogP contribution < -0.4 is 5.32 Å². The second-order valence-electron chi connectivity index (χ2n) is 7.82. The number of hydrogen-bond acceptors (Lipinski definition) is 3. The van der Waals surface area contributed by atoms with Gasteiger partial charge in [0.15, 0.2) is 0 Å². The molecule has 1 aliphatic heterocycles. The van der Waals surface area contributed by atoms with Gasteiger partial charge in [-0.05, 0) is 50.3 Å². The van der Waals surface area contributed by atoms with Crippen LogP contribution in [-0.4, -0.2) is 29.6 Å². The number of aromatic nitrogens is 1. The summed E-state index contributed by atoms with van der Waals surface area (Å²) in [4.78, 5) is 16.3. The highest BCUT2D eigenvalue weighted by atomic mass is 16.5. The van der Waals surface area contributed by atoms with Gasteiger partial charge in [0.1, 0.15) is 0 Å². The fourth-order valence-corrected chi connectivity index (χ4v) is 4.06. The van der Waals surface area contributed by atoms with Crippen LogP contribution in [0.2, 0.25) is 0 Å². The average molecular weight is 352 g/mol. The van der Waals surface area contributed by atoms with Crippen LogP contribution in [0.3, 0.4) is 0 Å². The summed E-state index contributed by atoms with van der Waals surface area (Å²) < 4.78 is 5.95. The van der Waals surface area contributed by atoms with Gasteiger partial charge in [0.05, 0.1) is 12.0 Å². The molecule has 26 heavy (non-hydrogen) atoms. The molecule has 1 N–H and O–H groups in total. The van der Waals surface area contributed by atoms with Crippen LogP contribution in [-0.2, 0) is 21.4 Å². The van der Waals surface area contributed by atoms with E-state index >= 15 is 0 Å². The standard InChI is InChI=1S/C22H28N2O2/c1-21(2)17-22(11-14-26-21,19-8-4-3-5-9-19)10-13-24-20(25)15-18-7-6-12-23-16-18/h3-9,12,16H,10-11,13-15,17H2,1-2H3,(H,24,25)/t22-/m1/s1. The van der Waals surface area contributed by atoms with Crippen LogP contribution in [0.4, 0.5) is 0 Å². The van der Waals surface area contributed by atoms with Gasteiger partial charge in [0.25, 0.3) is 0 Å². The summed E-state index contributed by atoms with van der Waals surface area (Å²) in [6, 6.07) is 14.5. The number of carbonyl (C=O) groups excluding carboxylic acids is 1. The molecule has 1 saturated heterocycles. The molecule has 1 aliphatic rings. The SMILES string of the molecule is CC1(C)C[C@](CCNC(=O)Cc2cccnc2)(c2ccccc2)CCO1. The molecule has 2 heterocycles. The Kier molecular flexibility index (Phi) is 5.72. The minimum Gasteiger partial charge on any atom is -0.376 e. The number of benzene rings is 1. The summed E-state index contributed by atoms with van der Waals surface area (Å²) in [7, 11) is 0. The first-order valence-corrected chi connectivity index (χ1v) is 9.34. The monoisotopic (exact) mass is 352 g/mol. The first-order valence-electron chi connectivity index (χ1n) is 9.34. The van der Waals surface area contributed by atoms with Crippen LogP contribution >= 0.6 is 0 Å². The van der Waals surface area contributed by atoms with Crippen molar-refractivity contribution in [2.75, 3.05) is 13.2 Å². The lowest BCUT2D eigenvalue weighted by atomic mass is 9.67. The Labute approximate surface area is 156 Å². The van der Waals surface area contributed by atoms with Crippen molar-refractivity contribution in [3.05, 3.63) is 66.0 Å². The fraction of sp³-hybridized carbons (Fsp3) is 0.455. The smallest absolute Gasteiger partial charge is 0.224 e. The topological polar surface area (TPSA) is 51.2 Å². The molecule has 3 rings (SSSR count). The number of amides is 1. The normalized spacial score (nSPS) is 21.9. The lowest BCUT2D eigenvalue weighted by Gasteiger charge is -2.45. The number of rotatable bonds is 6. The molecular weight excluding hydrogens is 324 g/mol. The van der Waals surface area contributed by atoms with E-state index in [0.29, 0.717) is 13.0 Å². The summed E-state index contributed by atoms with van der Waals surface area (Å²) in [6.07, 6.45) is 6.70. The van der Waals surface area contributed by atoms with Gasteiger partial charge >= 0.3 is 0 Å². The lowest BCUT2D eigenvalue weighted by Crippen LogP contribution is -2.45. The third-order valence-electron chi connectivity index (χ3n) is 5.24. The zero-order valence-electron chi connectivity index (χ0n) is 15.7.